The summed E-state index contributed by atoms with van der Waals surface area (Å²) in [7, 11) is 1.54. The maximum Gasteiger partial charge on any atom is 0.391 e. The number of nitrogens with zero attached hydrogens (tertiary/aromatic N) is 2. The number of alkyl halides is 3. The fraction of sp³-hybridized carbons (Fsp3) is 0.833. The van der Waals surface area contributed by atoms with Crippen LogP contribution in [0, 0.1) is 23.2 Å². The third kappa shape index (κ3) is 3.90. The second-order valence-electron chi connectivity index (χ2n) is 4.77. The molecule has 3 nitrogen and oxygen atoms in total. The van der Waals surface area contributed by atoms with E-state index in [9.17, 15) is 18.0 Å². The number of amides is 1. The Balaban J connectivity index is 2.56. The van der Waals surface area contributed by atoms with Gasteiger partial charge in [0, 0.05) is 19.5 Å². The van der Waals surface area contributed by atoms with Crippen molar-refractivity contribution in [3.8, 4) is 6.07 Å². The van der Waals surface area contributed by atoms with E-state index in [1.165, 1.54) is 11.9 Å². The molecule has 0 bridgehead atoms. The summed E-state index contributed by atoms with van der Waals surface area (Å²) in [5.41, 5.74) is 0. The first-order valence-corrected chi connectivity index (χ1v) is 6.05. The Bertz CT molecular complexity index is 335. The molecular weight excluding hydrogens is 245 g/mol. The van der Waals surface area contributed by atoms with E-state index in [0.29, 0.717) is 12.8 Å². The third-order valence-electron chi connectivity index (χ3n) is 3.42. The highest BCUT2D eigenvalue weighted by Crippen LogP contribution is 2.40. The summed E-state index contributed by atoms with van der Waals surface area (Å²) in [4.78, 5) is 13.3. The van der Waals surface area contributed by atoms with Gasteiger partial charge in [0.15, 0.2) is 0 Å². The quantitative estimate of drug-likeness (QED) is 0.785. The van der Waals surface area contributed by atoms with E-state index >= 15 is 0 Å². The average Bonchev–Trinajstić information content (AvgIpc) is 2.34. The summed E-state index contributed by atoms with van der Waals surface area (Å²) >= 11 is 0. The van der Waals surface area contributed by atoms with Crippen LogP contribution < -0.4 is 0 Å². The Kier molecular flexibility index (Phi) is 5.00. The number of carbonyl (C=O) groups is 1. The van der Waals surface area contributed by atoms with Crippen molar-refractivity contribution in [2.45, 2.75) is 38.3 Å². The highest BCUT2D eigenvalue weighted by atomic mass is 19.4. The van der Waals surface area contributed by atoms with Crippen molar-refractivity contribution in [2.24, 2.45) is 11.8 Å². The molecule has 1 amide bonds. The number of hydrogen-bond acceptors (Lipinski definition) is 2. The lowest BCUT2D eigenvalue weighted by Gasteiger charge is -2.31. The smallest absolute Gasteiger partial charge is 0.344 e. The minimum absolute atomic E-state index is 0.112. The summed E-state index contributed by atoms with van der Waals surface area (Å²) in [6.07, 6.45) is -3.04. The molecule has 0 heterocycles. The van der Waals surface area contributed by atoms with Gasteiger partial charge in [-0.15, -0.1) is 0 Å². The lowest BCUT2D eigenvalue weighted by molar-refractivity contribution is -0.187. The van der Waals surface area contributed by atoms with Gasteiger partial charge in [-0.1, -0.05) is 6.42 Å². The van der Waals surface area contributed by atoms with Crippen molar-refractivity contribution in [3.63, 3.8) is 0 Å². The molecule has 102 valence electrons. The Labute approximate surface area is 105 Å². The summed E-state index contributed by atoms with van der Waals surface area (Å²) in [6.45, 7) is 0.280. The molecule has 6 heteroatoms. The largest absolute Gasteiger partial charge is 0.391 e. The monoisotopic (exact) mass is 262 g/mol. The van der Waals surface area contributed by atoms with Crippen LogP contribution in [0.25, 0.3) is 0 Å². The molecule has 2 atom stereocenters. The van der Waals surface area contributed by atoms with Crippen LogP contribution in [-0.4, -0.2) is 30.6 Å². The zero-order valence-electron chi connectivity index (χ0n) is 10.3. The molecule has 0 spiro atoms. The van der Waals surface area contributed by atoms with E-state index in [-0.39, 0.29) is 31.7 Å². The van der Waals surface area contributed by atoms with Crippen LogP contribution in [0.15, 0.2) is 0 Å². The van der Waals surface area contributed by atoms with E-state index in [4.69, 9.17) is 5.26 Å². The van der Waals surface area contributed by atoms with Gasteiger partial charge in [-0.3, -0.25) is 4.79 Å². The molecule has 1 aliphatic rings. The Morgan fingerprint density at radius 3 is 2.67 bits per heavy atom. The van der Waals surface area contributed by atoms with Crippen LogP contribution in [0.5, 0.6) is 0 Å². The number of rotatable bonds is 3. The molecule has 18 heavy (non-hydrogen) atoms. The zero-order chi connectivity index (χ0) is 13.8. The highest BCUT2D eigenvalue weighted by molar-refractivity contribution is 5.78. The van der Waals surface area contributed by atoms with Crippen molar-refractivity contribution >= 4 is 5.91 Å². The van der Waals surface area contributed by atoms with Gasteiger partial charge in [0.1, 0.15) is 0 Å². The van der Waals surface area contributed by atoms with Crippen molar-refractivity contribution in [1.29, 1.82) is 5.26 Å². The zero-order valence-corrected chi connectivity index (χ0v) is 10.3. The normalized spacial score (nSPS) is 24.4. The molecule has 0 N–H and O–H groups in total. The van der Waals surface area contributed by atoms with Crippen molar-refractivity contribution in [1.82, 2.24) is 4.90 Å². The molecule has 0 aliphatic heterocycles. The standard InChI is InChI=1S/C12H17F3N2O/c1-17(7-3-6-16)11(18)9-4-2-5-10(8-9)12(13,14)15/h9-10H,2-5,7-8H2,1H3. The first-order chi connectivity index (χ1) is 8.36. The fourth-order valence-corrected chi connectivity index (χ4v) is 2.35. The van der Waals surface area contributed by atoms with Crippen molar-refractivity contribution < 1.29 is 18.0 Å². The minimum atomic E-state index is -4.20. The van der Waals surface area contributed by atoms with Gasteiger partial charge in [-0.2, -0.15) is 18.4 Å². The number of halogens is 3. The molecule has 1 rings (SSSR count). The van der Waals surface area contributed by atoms with Crippen LogP contribution in [-0.2, 0) is 4.79 Å². The minimum Gasteiger partial charge on any atom is -0.344 e. The Hall–Kier alpha value is -1.25. The second kappa shape index (κ2) is 6.07. The van der Waals surface area contributed by atoms with E-state index in [1.807, 2.05) is 6.07 Å². The Morgan fingerprint density at radius 1 is 1.44 bits per heavy atom. The first kappa shape index (κ1) is 14.8. The van der Waals surface area contributed by atoms with Crippen LogP contribution in [0.3, 0.4) is 0 Å². The van der Waals surface area contributed by atoms with Gasteiger partial charge in [-0.05, 0) is 19.3 Å². The van der Waals surface area contributed by atoms with Crippen molar-refractivity contribution in [2.75, 3.05) is 13.6 Å². The highest BCUT2D eigenvalue weighted by Gasteiger charge is 2.43. The number of nitriles is 1. The predicted octanol–water partition coefficient (Wildman–Crippen LogP) is 2.73. The molecule has 0 saturated heterocycles. The van der Waals surface area contributed by atoms with Crippen LogP contribution in [0.2, 0.25) is 0 Å². The third-order valence-corrected chi connectivity index (χ3v) is 3.42. The lowest BCUT2D eigenvalue weighted by atomic mass is 9.80. The molecule has 0 aromatic heterocycles. The molecular formula is C12H17F3N2O. The fourth-order valence-electron chi connectivity index (χ4n) is 2.35. The maximum absolute atomic E-state index is 12.6. The van der Waals surface area contributed by atoms with E-state index in [1.54, 1.807) is 0 Å². The Morgan fingerprint density at radius 2 is 2.11 bits per heavy atom. The molecule has 0 aromatic rings. The summed E-state index contributed by atoms with van der Waals surface area (Å²) in [5.74, 6) is -2.17. The number of carbonyl (C=O) groups excluding carboxylic acids is 1. The SMILES string of the molecule is CN(CCC#N)C(=O)C1CCCC(C(F)(F)F)C1. The average molecular weight is 262 g/mol. The van der Waals surface area contributed by atoms with Gasteiger partial charge < -0.3 is 4.90 Å². The van der Waals surface area contributed by atoms with Crippen LogP contribution >= 0.6 is 0 Å². The summed E-state index contributed by atoms with van der Waals surface area (Å²) in [6, 6.07) is 1.92. The predicted molar refractivity (Wildman–Crippen MR) is 59.4 cm³/mol. The van der Waals surface area contributed by atoms with Gasteiger partial charge >= 0.3 is 6.18 Å². The lowest BCUT2D eigenvalue weighted by Crippen LogP contribution is -2.38. The van der Waals surface area contributed by atoms with E-state index in [2.05, 4.69) is 0 Å². The molecule has 2 unspecified atom stereocenters. The van der Waals surface area contributed by atoms with Crippen LogP contribution in [0.4, 0.5) is 13.2 Å². The van der Waals surface area contributed by atoms with Gasteiger partial charge in [-0.25, -0.2) is 0 Å². The van der Waals surface area contributed by atoms with Gasteiger partial charge in [0.25, 0.3) is 0 Å². The maximum atomic E-state index is 12.6. The van der Waals surface area contributed by atoms with Gasteiger partial charge in [0.05, 0.1) is 18.4 Å². The molecule has 0 aromatic carbocycles. The topological polar surface area (TPSA) is 44.1 Å². The summed E-state index contributed by atoms with van der Waals surface area (Å²) < 4.78 is 37.8. The first-order valence-electron chi connectivity index (χ1n) is 6.05. The van der Waals surface area contributed by atoms with Crippen molar-refractivity contribution in [3.05, 3.63) is 0 Å². The second-order valence-corrected chi connectivity index (χ2v) is 4.77. The molecule has 0 radical (unpaired) electrons. The number of hydrogen-bond donors (Lipinski definition) is 0. The molecule has 1 fully saturated rings. The molecule has 1 aliphatic carbocycles. The van der Waals surface area contributed by atoms with Gasteiger partial charge in [0.2, 0.25) is 5.91 Å². The molecule has 1 saturated carbocycles. The van der Waals surface area contributed by atoms with E-state index < -0.39 is 18.0 Å². The summed E-state index contributed by atoms with van der Waals surface area (Å²) in [5, 5.41) is 8.42. The van der Waals surface area contributed by atoms with E-state index in [0.717, 1.165) is 0 Å². The van der Waals surface area contributed by atoms with Crippen LogP contribution in [0.1, 0.15) is 32.1 Å².